The molecular formula is C8H6Cl3. The van der Waals surface area contributed by atoms with E-state index in [2.05, 4.69) is 6.07 Å². The predicted molar refractivity (Wildman–Crippen MR) is 49.4 cm³/mol. The summed E-state index contributed by atoms with van der Waals surface area (Å²) >= 11 is 17.2. The summed E-state index contributed by atoms with van der Waals surface area (Å²) in [6.07, 6.45) is 0. The second kappa shape index (κ2) is 3.66. The molecule has 0 saturated heterocycles. The van der Waals surface area contributed by atoms with Gasteiger partial charge in [0.05, 0.1) is 5.88 Å². The molecule has 0 amide bonds. The van der Waals surface area contributed by atoms with E-state index in [1.165, 1.54) is 0 Å². The molecule has 1 aromatic rings. The van der Waals surface area contributed by atoms with Gasteiger partial charge in [-0.15, -0.1) is 11.6 Å². The van der Waals surface area contributed by atoms with E-state index in [9.17, 15) is 0 Å². The molecule has 0 spiro atoms. The molecule has 0 aliphatic rings. The third-order valence-corrected chi connectivity index (χ3v) is 2.62. The van der Waals surface area contributed by atoms with Gasteiger partial charge in [-0.25, -0.2) is 0 Å². The lowest BCUT2D eigenvalue weighted by Crippen LogP contribution is -2.11. The fourth-order valence-electron chi connectivity index (χ4n) is 0.693. The van der Waals surface area contributed by atoms with Crippen molar-refractivity contribution in [2.75, 3.05) is 5.88 Å². The van der Waals surface area contributed by atoms with Crippen LogP contribution in [0.3, 0.4) is 0 Å². The van der Waals surface area contributed by atoms with Crippen molar-refractivity contribution in [3.05, 3.63) is 35.9 Å². The molecule has 0 aliphatic carbocycles. The Morgan fingerprint density at radius 1 is 1.36 bits per heavy atom. The van der Waals surface area contributed by atoms with Gasteiger partial charge in [0.15, 0.2) is 4.33 Å². The molecule has 0 aromatic heterocycles. The Morgan fingerprint density at radius 3 is 2.55 bits per heavy atom. The van der Waals surface area contributed by atoms with E-state index in [1.54, 1.807) is 12.1 Å². The van der Waals surface area contributed by atoms with Gasteiger partial charge in [0, 0.05) is 0 Å². The monoisotopic (exact) mass is 207 g/mol. The number of rotatable bonds is 2. The molecule has 0 atom stereocenters. The predicted octanol–water partition coefficient (Wildman–Crippen LogP) is 3.36. The molecule has 0 aliphatic heterocycles. The third kappa shape index (κ3) is 2.26. The van der Waals surface area contributed by atoms with Gasteiger partial charge in [0.2, 0.25) is 0 Å². The summed E-state index contributed by atoms with van der Waals surface area (Å²) in [5.74, 6) is 0.163. The van der Waals surface area contributed by atoms with E-state index in [0.717, 1.165) is 0 Å². The van der Waals surface area contributed by atoms with E-state index >= 15 is 0 Å². The zero-order valence-electron chi connectivity index (χ0n) is 5.65. The first kappa shape index (κ1) is 9.18. The zero-order chi connectivity index (χ0) is 8.32. The Kier molecular flexibility index (Phi) is 3.06. The first-order chi connectivity index (χ1) is 5.17. The Hall–Kier alpha value is 0.0900. The van der Waals surface area contributed by atoms with Crippen molar-refractivity contribution in [1.29, 1.82) is 0 Å². The van der Waals surface area contributed by atoms with Crippen molar-refractivity contribution >= 4 is 34.8 Å². The molecule has 0 nitrogen and oxygen atoms in total. The van der Waals surface area contributed by atoms with E-state index < -0.39 is 4.33 Å². The second-order valence-corrected chi connectivity index (χ2v) is 3.87. The van der Waals surface area contributed by atoms with E-state index in [-0.39, 0.29) is 5.88 Å². The molecule has 11 heavy (non-hydrogen) atoms. The van der Waals surface area contributed by atoms with Crippen molar-refractivity contribution in [2.24, 2.45) is 0 Å². The van der Waals surface area contributed by atoms with Gasteiger partial charge in [-0.3, -0.25) is 0 Å². The molecule has 1 aromatic carbocycles. The molecule has 3 heteroatoms. The number of hydrogen-bond donors (Lipinski definition) is 0. The smallest absolute Gasteiger partial charge is 0.123 e. The third-order valence-electron chi connectivity index (χ3n) is 1.27. The minimum atomic E-state index is -1.01. The van der Waals surface area contributed by atoms with E-state index in [4.69, 9.17) is 34.8 Å². The van der Waals surface area contributed by atoms with Gasteiger partial charge in [-0.1, -0.05) is 47.5 Å². The summed E-state index contributed by atoms with van der Waals surface area (Å²) in [6.45, 7) is 0. The highest BCUT2D eigenvalue weighted by atomic mass is 35.5. The van der Waals surface area contributed by atoms with Crippen LogP contribution in [0.5, 0.6) is 0 Å². The van der Waals surface area contributed by atoms with Gasteiger partial charge in [0.25, 0.3) is 0 Å². The van der Waals surface area contributed by atoms with Crippen LogP contribution in [-0.4, -0.2) is 5.88 Å². The van der Waals surface area contributed by atoms with Crippen LogP contribution < -0.4 is 0 Å². The lowest BCUT2D eigenvalue weighted by atomic mass is 10.2. The SMILES string of the molecule is ClCC(Cl)(Cl)c1[c]cccc1. The molecule has 0 saturated carbocycles. The fourth-order valence-corrected chi connectivity index (χ4v) is 1.07. The van der Waals surface area contributed by atoms with Crippen LogP contribution in [0.15, 0.2) is 24.3 Å². The Morgan fingerprint density at radius 2 is 2.09 bits per heavy atom. The molecule has 59 valence electrons. The summed E-state index contributed by atoms with van der Waals surface area (Å²) < 4.78 is -1.01. The first-order valence-electron chi connectivity index (χ1n) is 3.08. The van der Waals surface area contributed by atoms with Gasteiger partial charge in [0.1, 0.15) is 0 Å². The molecule has 0 fully saturated rings. The van der Waals surface area contributed by atoms with Crippen molar-refractivity contribution in [3.8, 4) is 0 Å². The summed E-state index contributed by atoms with van der Waals surface area (Å²) in [7, 11) is 0. The van der Waals surface area contributed by atoms with Gasteiger partial charge < -0.3 is 0 Å². The lowest BCUT2D eigenvalue weighted by molar-refractivity contribution is 0.984. The van der Waals surface area contributed by atoms with Crippen LogP contribution in [0.1, 0.15) is 5.56 Å². The summed E-state index contributed by atoms with van der Waals surface area (Å²) in [5.41, 5.74) is 0.707. The number of alkyl halides is 3. The first-order valence-corrected chi connectivity index (χ1v) is 4.37. The van der Waals surface area contributed by atoms with Crippen LogP contribution in [0, 0.1) is 6.07 Å². The Bertz CT molecular complexity index is 218. The van der Waals surface area contributed by atoms with Crippen molar-refractivity contribution in [2.45, 2.75) is 4.33 Å². The maximum Gasteiger partial charge on any atom is 0.157 e. The summed E-state index contributed by atoms with van der Waals surface area (Å²) in [6, 6.07) is 10.2. The molecule has 0 bridgehead atoms. The van der Waals surface area contributed by atoms with Crippen molar-refractivity contribution in [3.63, 3.8) is 0 Å². The normalized spacial score (nSPS) is 11.5. The average Bonchev–Trinajstić information content (AvgIpc) is 2.06. The number of halogens is 3. The minimum absolute atomic E-state index is 0.163. The van der Waals surface area contributed by atoms with E-state index in [1.807, 2.05) is 12.1 Å². The van der Waals surface area contributed by atoms with Crippen molar-refractivity contribution in [1.82, 2.24) is 0 Å². The highest BCUT2D eigenvalue weighted by Gasteiger charge is 2.24. The largest absolute Gasteiger partial charge is 0.157 e. The van der Waals surface area contributed by atoms with Crippen LogP contribution >= 0.6 is 34.8 Å². The molecule has 1 rings (SSSR count). The Balaban J connectivity index is 2.93. The van der Waals surface area contributed by atoms with Crippen LogP contribution in [0.25, 0.3) is 0 Å². The van der Waals surface area contributed by atoms with Crippen LogP contribution in [-0.2, 0) is 4.33 Å². The van der Waals surface area contributed by atoms with E-state index in [0.29, 0.717) is 5.56 Å². The molecular weight excluding hydrogens is 202 g/mol. The fraction of sp³-hybridized carbons (Fsp3) is 0.250. The van der Waals surface area contributed by atoms with Crippen molar-refractivity contribution < 1.29 is 0 Å². The summed E-state index contributed by atoms with van der Waals surface area (Å²) in [4.78, 5) is 0. The standard InChI is InChI=1S/C8H6Cl3/c9-6-8(10,11)7-4-2-1-3-5-7/h1-4H,6H2. The van der Waals surface area contributed by atoms with Gasteiger partial charge in [-0.2, -0.15) is 0 Å². The maximum absolute atomic E-state index is 5.85. The molecule has 0 N–H and O–H groups in total. The highest BCUT2D eigenvalue weighted by molar-refractivity contribution is 6.51. The van der Waals surface area contributed by atoms with Gasteiger partial charge >= 0.3 is 0 Å². The van der Waals surface area contributed by atoms with Gasteiger partial charge in [-0.05, 0) is 11.6 Å². The second-order valence-electron chi connectivity index (χ2n) is 2.11. The summed E-state index contributed by atoms with van der Waals surface area (Å²) in [5, 5.41) is 0. The maximum atomic E-state index is 5.85. The molecule has 1 radical (unpaired) electrons. The topological polar surface area (TPSA) is 0 Å². The minimum Gasteiger partial charge on any atom is -0.123 e. The number of hydrogen-bond acceptors (Lipinski definition) is 0. The lowest BCUT2D eigenvalue weighted by Gasteiger charge is -2.15. The highest BCUT2D eigenvalue weighted by Crippen LogP contribution is 2.34. The van der Waals surface area contributed by atoms with Crippen LogP contribution in [0.4, 0.5) is 0 Å². The molecule has 0 heterocycles. The Labute approximate surface area is 81.1 Å². The zero-order valence-corrected chi connectivity index (χ0v) is 7.92. The quantitative estimate of drug-likeness (QED) is 0.654. The molecule has 0 unspecified atom stereocenters. The average molecular weight is 208 g/mol. The van der Waals surface area contributed by atoms with Crippen LogP contribution in [0.2, 0.25) is 0 Å². The number of benzene rings is 1.